The van der Waals surface area contributed by atoms with Gasteiger partial charge >= 0.3 is 6.61 Å². The van der Waals surface area contributed by atoms with Crippen molar-refractivity contribution >= 4 is 11.8 Å². The van der Waals surface area contributed by atoms with E-state index >= 15 is 0 Å². The van der Waals surface area contributed by atoms with Gasteiger partial charge in [0.25, 0.3) is 5.91 Å². The van der Waals surface area contributed by atoms with Crippen LogP contribution in [0.5, 0.6) is 5.75 Å². The molecule has 0 saturated carbocycles. The third-order valence-corrected chi connectivity index (χ3v) is 2.86. The van der Waals surface area contributed by atoms with Gasteiger partial charge in [-0.15, -0.1) is 0 Å². The maximum atomic E-state index is 12.0. The van der Waals surface area contributed by atoms with Gasteiger partial charge in [-0.25, -0.2) is 0 Å². The Labute approximate surface area is 131 Å². The van der Waals surface area contributed by atoms with Gasteiger partial charge in [0.2, 0.25) is 5.91 Å². The second-order valence-electron chi connectivity index (χ2n) is 4.57. The summed E-state index contributed by atoms with van der Waals surface area (Å²) in [5, 5.41) is 0. The molecule has 0 unspecified atom stereocenters. The number of hydrazine groups is 1. The van der Waals surface area contributed by atoms with Crippen LogP contribution >= 0.6 is 0 Å². The van der Waals surface area contributed by atoms with Crippen LogP contribution in [0.3, 0.4) is 0 Å². The summed E-state index contributed by atoms with van der Waals surface area (Å²) in [7, 11) is 0. The average molecular weight is 320 g/mol. The summed E-state index contributed by atoms with van der Waals surface area (Å²) in [5.74, 6) is -0.849. The number of hydrogen-bond acceptors (Lipinski definition) is 3. The Morgan fingerprint density at radius 1 is 0.957 bits per heavy atom. The van der Waals surface area contributed by atoms with Crippen molar-refractivity contribution in [1.82, 2.24) is 10.9 Å². The molecule has 0 bridgehead atoms. The number of carbonyl (C=O) groups excluding carboxylic acids is 2. The highest BCUT2D eigenvalue weighted by molar-refractivity contribution is 5.95. The van der Waals surface area contributed by atoms with E-state index in [9.17, 15) is 18.4 Å². The lowest BCUT2D eigenvalue weighted by molar-refractivity contribution is -0.121. The molecule has 0 aromatic heterocycles. The molecule has 0 fully saturated rings. The number of halogens is 2. The molecule has 2 amide bonds. The minimum absolute atomic E-state index is 0.00989. The summed E-state index contributed by atoms with van der Waals surface area (Å²) in [6.07, 6.45) is -0.00989. The summed E-state index contributed by atoms with van der Waals surface area (Å²) < 4.78 is 28.3. The number of rotatable bonds is 5. The zero-order valence-corrected chi connectivity index (χ0v) is 12.0. The van der Waals surface area contributed by atoms with Crippen LogP contribution < -0.4 is 15.6 Å². The Kier molecular flexibility index (Phi) is 5.62. The third-order valence-electron chi connectivity index (χ3n) is 2.86. The Hall–Kier alpha value is -2.96. The zero-order chi connectivity index (χ0) is 16.7. The predicted molar refractivity (Wildman–Crippen MR) is 78.8 cm³/mol. The van der Waals surface area contributed by atoms with E-state index in [4.69, 9.17) is 0 Å². The fourth-order valence-corrected chi connectivity index (χ4v) is 1.81. The molecule has 5 nitrogen and oxygen atoms in total. The topological polar surface area (TPSA) is 67.4 Å². The van der Waals surface area contributed by atoms with Gasteiger partial charge < -0.3 is 4.74 Å². The molecule has 0 saturated heterocycles. The second kappa shape index (κ2) is 7.88. The number of benzene rings is 2. The summed E-state index contributed by atoms with van der Waals surface area (Å²) in [4.78, 5) is 23.5. The van der Waals surface area contributed by atoms with Crippen molar-refractivity contribution in [1.29, 1.82) is 0 Å². The van der Waals surface area contributed by atoms with Crippen LogP contribution in [0.1, 0.15) is 15.9 Å². The molecule has 0 aliphatic heterocycles. The largest absolute Gasteiger partial charge is 0.435 e. The molecule has 2 aromatic carbocycles. The number of carbonyl (C=O) groups is 2. The molecule has 0 atom stereocenters. The second-order valence-corrected chi connectivity index (χ2v) is 4.57. The van der Waals surface area contributed by atoms with E-state index in [-0.39, 0.29) is 12.2 Å². The standard InChI is InChI=1S/C16H14F2N2O3/c17-16(18)23-13-8-6-11(7-9-13)10-14(21)19-20-15(22)12-4-2-1-3-5-12/h1-9,16H,10H2,(H,19,21)(H,20,22). The van der Waals surface area contributed by atoms with Crippen LogP contribution in [-0.4, -0.2) is 18.4 Å². The summed E-state index contributed by atoms with van der Waals surface area (Å²) in [6, 6.07) is 14.1. The molecule has 0 radical (unpaired) electrons. The molecule has 0 spiro atoms. The number of nitrogens with one attached hydrogen (secondary N) is 2. The third kappa shape index (κ3) is 5.39. The van der Waals surface area contributed by atoms with E-state index < -0.39 is 18.4 Å². The van der Waals surface area contributed by atoms with Gasteiger partial charge in [-0.1, -0.05) is 30.3 Å². The van der Waals surface area contributed by atoms with E-state index in [0.29, 0.717) is 11.1 Å². The minimum atomic E-state index is -2.89. The Bertz CT molecular complexity index is 661. The Morgan fingerprint density at radius 2 is 1.61 bits per heavy atom. The van der Waals surface area contributed by atoms with E-state index in [0.717, 1.165) is 0 Å². The number of alkyl halides is 2. The van der Waals surface area contributed by atoms with Crippen molar-refractivity contribution in [3.63, 3.8) is 0 Å². The molecular formula is C16H14F2N2O3. The van der Waals surface area contributed by atoms with Crippen LogP contribution in [0.2, 0.25) is 0 Å². The van der Waals surface area contributed by atoms with Crippen LogP contribution in [0, 0.1) is 0 Å². The first-order valence-electron chi connectivity index (χ1n) is 6.72. The summed E-state index contributed by atoms with van der Waals surface area (Å²) in [6.45, 7) is -2.89. The fraction of sp³-hybridized carbons (Fsp3) is 0.125. The predicted octanol–water partition coefficient (Wildman–Crippen LogP) is 2.29. The smallest absolute Gasteiger partial charge is 0.387 e. The Balaban J connectivity index is 1.81. The first-order valence-corrected chi connectivity index (χ1v) is 6.72. The van der Waals surface area contributed by atoms with E-state index in [1.54, 1.807) is 30.3 Å². The van der Waals surface area contributed by atoms with E-state index in [1.807, 2.05) is 0 Å². The van der Waals surface area contributed by atoms with Crippen LogP contribution in [0.15, 0.2) is 54.6 Å². The van der Waals surface area contributed by atoms with Gasteiger partial charge in [-0.05, 0) is 29.8 Å². The van der Waals surface area contributed by atoms with E-state index in [1.165, 1.54) is 24.3 Å². The van der Waals surface area contributed by atoms with Crippen molar-refractivity contribution in [2.45, 2.75) is 13.0 Å². The van der Waals surface area contributed by atoms with Crippen molar-refractivity contribution < 1.29 is 23.1 Å². The van der Waals surface area contributed by atoms with Gasteiger partial charge in [0.15, 0.2) is 0 Å². The molecule has 2 aromatic rings. The lowest BCUT2D eigenvalue weighted by Crippen LogP contribution is -2.42. The Morgan fingerprint density at radius 3 is 2.22 bits per heavy atom. The zero-order valence-electron chi connectivity index (χ0n) is 12.0. The van der Waals surface area contributed by atoms with Gasteiger partial charge in [0.1, 0.15) is 5.75 Å². The molecule has 0 heterocycles. The molecule has 2 N–H and O–H groups in total. The molecular weight excluding hydrogens is 306 g/mol. The summed E-state index contributed by atoms with van der Waals surface area (Å²) in [5.41, 5.74) is 5.59. The van der Waals surface area contributed by atoms with E-state index in [2.05, 4.69) is 15.6 Å². The normalized spacial score (nSPS) is 10.2. The van der Waals surface area contributed by atoms with Crippen molar-refractivity contribution in [2.75, 3.05) is 0 Å². The average Bonchev–Trinajstić information content (AvgIpc) is 2.55. The van der Waals surface area contributed by atoms with Crippen molar-refractivity contribution in [2.24, 2.45) is 0 Å². The quantitative estimate of drug-likeness (QED) is 0.831. The molecule has 0 aliphatic carbocycles. The minimum Gasteiger partial charge on any atom is -0.435 e. The lowest BCUT2D eigenvalue weighted by Gasteiger charge is -2.08. The number of ether oxygens (including phenoxy) is 1. The summed E-state index contributed by atoms with van der Waals surface area (Å²) >= 11 is 0. The maximum Gasteiger partial charge on any atom is 0.387 e. The van der Waals surface area contributed by atoms with Gasteiger partial charge in [-0.3, -0.25) is 20.4 Å². The molecule has 23 heavy (non-hydrogen) atoms. The van der Waals surface area contributed by atoms with Gasteiger partial charge in [0.05, 0.1) is 6.42 Å². The first kappa shape index (κ1) is 16.4. The number of amides is 2. The monoisotopic (exact) mass is 320 g/mol. The SMILES string of the molecule is O=C(Cc1ccc(OC(F)F)cc1)NNC(=O)c1ccccc1. The molecule has 120 valence electrons. The molecule has 0 aliphatic rings. The van der Waals surface area contributed by atoms with Crippen LogP contribution in [0.25, 0.3) is 0 Å². The highest BCUT2D eigenvalue weighted by atomic mass is 19.3. The van der Waals surface area contributed by atoms with Crippen molar-refractivity contribution in [3.05, 3.63) is 65.7 Å². The highest BCUT2D eigenvalue weighted by Crippen LogP contribution is 2.15. The number of hydrogen-bond donors (Lipinski definition) is 2. The van der Waals surface area contributed by atoms with Crippen LogP contribution in [-0.2, 0) is 11.2 Å². The highest BCUT2D eigenvalue weighted by Gasteiger charge is 2.08. The van der Waals surface area contributed by atoms with Gasteiger partial charge in [0, 0.05) is 5.56 Å². The van der Waals surface area contributed by atoms with Crippen molar-refractivity contribution in [3.8, 4) is 5.75 Å². The lowest BCUT2D eigenvalue weighted by atomic mass is 10.1. The maximum absolute atomic E-state index is 12.0. The van der Waals surface area contributed by atoms with Gasteiger partial charge in [-0.2, -0.15) is 8.78 Å². The van der Waals surface area contributed by atoms with Crippen LogP contribution in [0.4, 0.5) is 8.78 Å². The fourth-order valence-electron chi connectivity index (χ4n) is 1.81. The first-order chi connectivity index (χ1) is 11.0. The molecule has 7 heteroatoms. The molecule has 2 rings (SSSR count).